The van der Waals surface area contributed by atoms with E-state index in [1.807, 2.05) is 31.4 Å². The van der Waals surface area contributed by atoms with Gasteiger partial charge in [0.1, 0.15) is 65.6 Å². The van der Waals surface area contributed by atoms with Crippen LogP contribution in [0.3, 0.4) is 0 Å². The van der Waals surface area contributed by atoms with Gasteiger partial charge in [-0.3, -0.25) is 4.79 Å². The summed E-state index contributed by atoms with van der Waals surface area (Å²) in [6.45, 7) is 3.38. The van der Waals surface area contributed by atoms with E-state index in [0.29, 0.717) is 11.3 Å². The van der Waals surface area contributed by atoms with E-state index in [9.17, 15) is 10.1 Å². The van der Waals surface area contributed by atoms with Crippen molar-refractivity contribution in [2.45, 2.75) is 30.2 Å². The van der Waals surface area contributed by atoms with Gasteiger partial charge in [-0.1, -0.05) is 17.7 Å². The van der Waals surface area contributed by atoms with Crippen molar-refractivity contribution in [2.75, 3.05) is 10.6 Å². The molecule has 3 aromatic rings. The molecule has 1 aliphatic heterocycles. The van der Waals surface area contributed by atoms with E-state index in [1.165, 1.54) is 10.8 Å². The number of nitrogen functional groups attached to an aromatic ring is 1. The number of nitrogens with two attached hydrogens (primary N) is 1. The van der Waals surface area contributed by atoms with E-state index in [0.717, 1.165) is 0 Å². The molecule has 0 atom stereocenters. The Kier molecular flexibility index (Phi) is 5.11. The SMILES string of the molecule is BC1(B)OC(C)(C)C(=O)N(c2cc(-c3c(F)c(Cl)c4c(N)ncnn34)ccc2C#N)C1(B)B. The fraction of sp³-hybridized carbons (Fsp3) is 0.263. The average Bonchev–Trinajstić information content (AvgIpc) is 2.97. The summed E-state index contributed by atoms with van der Waals surface area (Å²) >= 11 is 6.20. The zero-order chi connectivity index (χ0) is 24.5. The molecule has 1 aromatic carbocycles. The van der Waals surface area contributed by atoms with Crippen LogP contribution >= 0.6 is 11.6 Å². The molecule has 0 radical (unpaired) electrons. The van der Waals surface area contributed by atoms with E-state index < -0.39 is 22.2 Å². The molecule has 4 rings (SSSR count). The lowest BCUT2D eigenvalue weighted by atomic mass is 9.38. The zero-order valence-corrected chi connectivity index (χ0v) is 20.0. The summed E-state index contributed by atoms with van der Waals surface area (Å²) in [5.74, 6) is -1.01. The van der Waals surface area contributed by atoms with Gasteiger partial charge in [-0.15, -0.1) is 0 Å². The van der Waals surface area contributed by atoms with Gasteiger partial charge in [-0.2, -0.15) is 10.4 Å². The second-order valence-corrected chi connectivity index (χ2v) is 9.93. The Bertz CT molecular complexity index is 1370. The third-order valence-corrected chi connectivity index (χ3v) is 6.88. The van der Waals surface area contributed by atoms with Crippen molar-refractivity contribution >= 4 is 65.9 Å². The second-order valence-electron chi connectivity index (χ2n) is 9.55. The Morgan fingerprint density at radius 2 is 1.94 bits per heavy atom. The molecule has 0 spiro atoms. The van der Waals surface area contributed by atoms with Crippen molar-refractivity contribution in [2.24, 2.45) is 0 Å². The number of hydrogen-bond donors (Lipinski definition) is 1. The highest BCUT2D eigenvalue weighted by Crippen LogP contribution is 2.42. The highest BCUT2D eigenvalue weighted by molar-refractivity contribution is 6.56. The van der Waals surface area contributed by atoms with Crippen LogP contribution in [-0.2, 0) is 9.53 Å². The summed E-state index contributed by atoms with van der Waals surface area (Å²) < 4.78 is 22.7. The fourth-order valence-corrected chi connectivity index (χ4v) is 4.53. The summed E-state index contributed by atoms with van der Waals surface area (Å²) in [6, 6.07) is 6.86. The monoisotopic (exact) mass is 462 g/mol. The van der Waals surface area contributed by atoms with Crippen molar-refractivity contribution < 1.29 is 13.9 Å². The second kappa shape index (κ2) is 7.27. The number of carbonyl (C=O) groups excluding carboxylic acids is 1. The quantitative estimate of drug-likeness (QED) is 0.471. The van der Waals surface area contributed by atoms with Gasteiger partial charge >= 0.3 is 0 Å². The van der Waals surface area contributed by atoms with Crippen molar-refractivity contribution in [1.82, 2.24) is 14.6 Å². The Morgan fingerprint density at radius 1 is 1.27 bits per heavy atom. The first kappa shape index (κ1) is 23.2. The first-order valence-corrected chi connectivity index (χ1v) is 10.7. The Hall–Kier alpha value is -2.96. The number of hydrogen-bond acceptors (Lipinski definition) is 6. The minimum atomic E-state index is -1.14. The molecule has 1 saturated heterocycles. The lowest BCUT2D eigenvalue weighted by molar-refractivity contribution is -0.155. The van der Waals surface area contributed by atoms with Gasteiger partial charge in [-0.05, 0) is 31.3 Å². The van der Waals surface area contributed by atoms with Crippen molar-refractivity contribution in [3.63, 3.8) is 0 Å². The predicted octanol–water partition coefficient (Wildman–Crippen LogP) is -1.38. The first-order valence-electron chi connectivity index (χ1n) is 10.3. The molecule has 0 bridgehead atoms. The van der Waals surface area contributed by atoms with Crippen LogP contribution in [-0.4, -0.2) is 68.2 Å². The molecular weight excluding hydrogens is 442 g/mol. The minimum absolute atomic E-state index is 0.0296. The first-order chi connectivity index (χ1) is 15.2. The molecule has 164 valence electrons. The van der Waals surface area contributed by atoms with Crippen LogP contribution in [0, 0.1) is 17.1 Å². The van der Waals surface area contributed by atoms with Crippen LogP contribution in [0.25, 0.3) is 16.8 Å². The number of rotatable bonds is 2. The average molecular weight is 462 g/mol. The number of nitriles is 1. The van der Waals surface area contributed by atoms with E-state index >= 15 is 4.39 Å². The molecule has 2 aromatic heterocycles. The van der Waals surface area contributed by atoms with E-state index in [4.69, 9.17) is 22.1 Å². The van der Waals surface area contributed by atoms with Crippen LogP contribution in [0.15, 0.2) is 24.5 Å². The minimum Gasteiger partial charge on any atom is -0.382 e. The maximum absolute atomic E-state index is 15.3. The number of halogens is 2. The maximum atomic E-state index is 15.3. The van der Waals surface area contributed by atoms with E-state index in [-0.39, 0.29) is 33.5 Å². The number of anilines is 2. The lowest BCUT2D eigenvalue weighted by Crippen LogP contribution is -2.78. The highest BCUT2D eigenvalue weighted by atomic mass is 35.5. The topological polar surface area (TPSA) is 110 Å². The molecule has 1 aliphatic rings. The van der Waals surface area contributed by atoms with Gasteiger partial charge in [0, 0.05) is 11.0 Å². The smallest absolute Gasteiger partial charge is 0.257 e. The number of aromatic nitrogens is 3. The van der Waals surface area contributed by atoms with E-state index in [2.05, 4.69) is 16.2 Å². The Labute approximate surface area is 198 Å². The summed E-state index contributed by atoms with van der Waals surface area (Å²) in [6.07, 6.45) is 1.20. The molecule has 0 saturated carbocycles. The summed E-state index contributed by atoms with van der Waals surface area (Å²) in [4.78, 5) is 19.0. The molecule has 3 heterocycles. The van der Waals surface area contributed by atoms with Gasteiger partial charge < -0.3 is 15.4 Å². The molecule has 2 N–H and O–H groups in total. The Balaban J connectivity index is 2.01. The van der Waals surface area contributed by atoms with Crippen LogP contribution in [0.5, 0.6) is 0 Å². The summed E-state index contributed by atoms with van der Waals surface area (Å²) in [7, 11) is 7.52. The number of fused-ring (bicyclic) bond motifs is 1. The maximum Gasteiger partial charge on any atom is 0.257 e. The molecule has 14 heteroatoms. The Morgan fingerprint density at radius 3 is 2.58 bits per heavy atom. The van der Waals surface area contributed by atoms with Crippen LogP contribution in [0.1, 0.15) is 19.4 Å². The third kappa shape index (κ3) is 3.23. The largest absolute Gasteiger partial charge is 0.382 e. The number of morpholine rings is 1. The van der Waals surface area contributed by atoms with Gasteiger partial charge in [0.2, 0.25) is 0 Å². The molecule has 0 unspecified atom stereocenters. The van der Waals surface area contributed by atoms with Gasteiger partial charge in [0.15, 0.2) is 11.6 Å². The highest BCUT2D eigenvalue weighted by Gasteiger charge is 2.56. The number of nitrogens with zero attached hydrogens (tertiary/aromatic N) is 5. The number of benzene rings is 1. The molecule has 33 heavy (non-hydrogen) atoms. The van der Waals surface area contributed by atoms with Crippen molar-refractivity contribution in [3.05, 3.63) is 40.9 Å². The number of ether oxygens (including phenoxy) is 1. The zero-order valence-electron chi connectivity index (χ0n) is 19.2. The third-order valence-electron chi connectivity index (χ3n) is 6.53. The van der Waals surface area contributed by atoms with Gasteiger partial charge in [0.05, 0.1) is 11.3 Å². The van der Waals surface area contributed by atoms with Crippen molar-refractivity contribution in [1.29, 1.82) is 5.26 Å². The summed E-state index contributed by atoms with van der Waals surface area (Å²) in [5, 5.41) is 12.1. The van der Waals surface area contributed by atoms with Crippen molar-refractivity contribution in [3.8, 4) is 17.3 Å². The number of carbonyl (C=O) groups is 1. The molecule has 8 nitrogen and oxygen atoms in total. The molecule has 0 aliphatic carbocycles. The lowest BCUT2D eigenvalue weighted by Gasteiger charge is -2.58. The van der Waals surface area contributed by atoms with Crippen LogP contribution in [0.2, 0.25) is 5.02 Å². The fourth-order valence-electron chi connectivity index (χ4n) is 4.26. The molecular formula is C19H20B4ClFN6O2. The van der Waals surface area contributed by atoms with E-state index in [1.54, 1.807) is 36.9 Å². The van der Waals surface area contributed by atoms with Crippen LogP contribution < -0.4 is 10.6 Å². The predicted molar refractivity (Wildman–Crippen MR) is 135 cm³/mol. The molecule has 1 fully saturated rings. The normalized spacial score (nSPS) is 18.9. The van der Waals surface area contributed by atoms with Gasteiger partial charge in [0.25, 0.3) is 5.91 Å². The number of amides is 1. The standard InChI is InChI=1S/C19H20B4ClFN6O2/c1-17(2)16(32)30(18(20,21)19(22,23)33-17)10-5-8(3-4-9(10)6-26)13-12(25)11(24)14-15(27)28-7-29-31(13)14/h3-5,7H,20-23H2,1-2H3,(H2,27,28,29). The van der Waals surface area contributed by atoms with Crippen LogP contribution in [0.4, 0.5) is 15.9 Å². The summed E-state index contributed by atoms with van der Waals surface area (Å²) in [5.41, 5.74) is 5.90. The molecule has 1 amide bonds. The van der Waals surface area contributed by atoms with Gasteiger partial charge in [-0.25, -0.2) is 13.9 Å².